The normalized spacial score (nSPS) is 20.1. The lowest BCUT2D eigenvalue weighted by Gasteiger charge is -2.31. The molecule has 0 aromatic heterocycles. The lowest BCUT2D eigenvalue weighted by molar-refractivity contribution is -0.137. The van der Waals surface area contributed by atoms with Gasteiger partial charge in [0.15, 0.2) is 0 Å². The lowest BCUT2D eigenvalue weighted by atomic mass is 9.93. The molecule has 0 spiro atoms. The quantitative estimate of drug-likeness (QED) is 0.893. The topological polar surface area (TPSA) is 52.6 Å². The molecule has 4 nitrogen and oxygen atoms in total. The molecule has 0 aliphatic carbocycles. The fourth-order valence-electron chi connectivity index (χ4n) is 2.53. The Morgan fingerprint density at radius 1 is 1.27 bits per heavy atom. The van der Waals surface area contributed by atoms with Crippen molar-refractivity contribution in [2.45, 2.75) is 25.1 Å². The van der Waals surface area contributed by atoms with Gasteiger partial charge in [-0.15, -0.1) is 0 Å². The number of nitrogens with one attached hydrogen (secondary N) is 1. The molecule has 2 rings (SSSR count). The predicted octanol–water partition coefficient (Wildman–Crippen LogP) is 1.73. The van der Waals surface area contributed by atoms with Crippen LogP contribution in [0.4, 0.5) is 13.2 Å². The van der Waals surface area contributed by atoms with Gasteiger partial charge in [-0.05, 0) is 24.6 Å². The Hall–Kier alpha value is -1.60. The fraction of sp³-hybridized carbons (Fsp3) is 0.533. The van der Waals surface area contributed by atoms with Crippen LogP contribution in [0.15, 0.2) is 24.3 Å². The number of hydrogen-bond donors (Lipinski definition) is 2. The summed E-state index contributed by atoms with van der Waals surface area (Å²) in [5.41, 5.74) is -1.99. The van der Waals surface area contributed by atoms with Crippen LogP contribution in [-0.4, -0.2) is 42.1 Å². The predicted molar refractivity (Wildman–Crippen MR) is 75.1 cm³/mol. The van der Waals surface area contributed by atoms with Gasteiger partial charge in [0.1, 0.15) is 0 Å². The van der Waals surface area contributed by atoms with E-state index in [1.54, 1.807) is 0 Å². The zero-order chi connectivity index (χ0) is 16.4. The molecule has 22 heavy (non-hydrogen) atoms. The molecule has 1 heterocycles. The second kappa shape index (κ2) is 6.26. The summed E-state index contributed by atoms with van der Waals surface area (Å²) < 4.78 is 38.3. The smallest absolute Gasteiger partial charge is 0.384 e. The van der Waals surface area contributed by atoms with Gasteiger partial charge in [-0.3, -0.25) is 9.69 Å². The van der Waals surface area contributed by atoms with Crippen LogP contribution in [0, 0.1) is 0 Å². The summed E-state index contributed by atoms with van der Waals surface area (Å²) >= 11 is 0. The van der Waals surface area contributed by atoms with E-state index >= 15 is 0 Å². The van der Waals surface area contributed by atoms with E-state index in [2.05, 4.69) is 5.32 Å². The van der Waals surface area contributed by atoms with Crippen LogP contribution in [0.1, 0.15) is 24.5 Å². The Bertz CT molecular complexity index is 544. The molecule has 1 amide bonds. The first kappa shape index (κ1) is 16.8. The zero-order valence-electron chi connectivity index (χ0n) is 12.3. The number of carbonyl (C=O) groups excluding carboxylic acids is 1. The summed E-state index contributed by atoms with van der Waals surface area (Å²) in [6.45, 7) is 3.16. The van der Waals surface area contributed by atoms with Crippen molar-refractivity contribution in [2.75, 3.05) is 26.2 Å². The number of benzene rings is 1. The maximum atomic E-state index is 12.8. The molecule has 7 heteroatoms. The number of rotatable bonds is 3. The highest BCUT2D eigenvalue weighted by Crippen LogP contribution is 2.32. The van der Waals surface area contributed by atoms with Crippen molar-refractivity contribution in [3.63, 3.8) is 0 Å². The van der Waals surface area contributed by atoms with Crippen molar-refractivity contribution in [2.24, 2.45) is 0 Å². The minimum Gasteiger partial charge on any atom is -0.384 e. The minimum atomic E-state index is -4.44. The molecule has 1 aliphatic heterocycles. The molecule has 1 aromatic carbocycles. The monoisotopic (exact) mass is 316 g/mol. The Morgan fingerprint density at radius 3 is 2.64 bits per heavy atom. The Balaban J connectivity index is 2.14. The number of carbonyl (C=O) groups is 1. The minimum absolute atomic E-state index is 0.0544. The third kappa shape index (κ3) is 4.20. The Morgan fingerprint density at radius 2 is 1.95 bits per heavy atom. The number of hydrogen-bond acceptors (Lipinski definition) is 3. The molecule has 1 saturated heterocycles. The van der Waals surface area contributed by atoms with Crippen LogP contribution in [0.5, 0.6) is 0 Å². The van der Waals surface area contributed by atoms with Crippen molar-refractivity contribution >= 4 is 5.91 Å². The van der Waals surface area contributed by atoms with Gasteiger partial charge in [0, 0.05) is 32.6 Å². The Labute approximate surface area is 126 Å². The Kier molecular flexibility index (Phi) is 4.77. The standard InChI is InChI=1S/C15H19F3N2O2/c1-14(22,10-20-7-5-13(21)19-6-8-20)11-3-2-4-12(9-11)15(16,17)18/h2-4,9,22H,5-8,10H2,1H3,(H,19,21). The van der Waals surface area contributed by atoms with Crippen molar-refractivity contribution in [1.29, 1.82) is 0 Å². The highest BCUT2D eigenvalue weighted by atomic mass is 19.4. The molecule has 2 N–H and O–H groups in total. The number of amides is 1. The van der Waals surface area contributed by atoms with Gasteiger partial charge in [0.05, 0.1) is 11.2 Å². The average Bonchev–Trinajstić information content (AvgIpc) is 2.62. The number of halogens is 3. The van der Waals surface area contributed by atoms with Gasteiger partial charge < -0.3 is 10.4 Å². The molecule has 0 radical (unpaired) electrons. The largest absolute Gasteiger partial charge is 0.416 e. The van der Waals surface area contributed by atoms with Crippen LogP contribution < -0.4 is 5.32 Å². The summed E-state index contributed by atoms with van der Waals surface area (Å²) in [5, 5.41) is 13.3. The number of nitrogens with zero attached hydrogens (tertiary/aromatic N) is 1. The van der Waals surface area contributed by atoms with Crippen LogP contribution in [-0.2, 0) is 16.6 Å². The van der Waals surface area contributed by atoms with E-state index in [0.717, 1.165) is 12.1 Å². The van der Waals surface area contributed by atoms with E-state index in [9.17, 15) is 23.1 Å². The van der Waals surface area contributed by atoms with Crippen molar-refractivity contribution in [3.8, 4) is 0 Å². The first-order chi connectivity index (χ1) is 10.2. The molecule has 1 unspecified atom stereocenters. The first-order valence-corrected chi connectivity index (χ1v) is 7.08. The van der Waals surface area contributed by atoms with Crippen LogP contribution >= 0.6 is 0 Å². The maximum absolute atomic E-state index is 12.8. The van der Waals surface area contributed by atoms with Crippen molar-refractivity contribution in [3.05, 3.63) is 35.4 Å². The van der Waals surface area contributed by atoms with Crippen molar-refractivity contribution < 1.29 is 23.1 Å². The van der Waals surface area contributed by atoms with Gasteiger partial charge in [0.25, 0.3) is 0 Å². The molecule has 0 bridgehead atoms. The number of alkyl halides is 3. The van der Waals surface area contributed by atoms with Gasteiger partial charge in [-0.1, -0.05) is 12.1 Å². The SMILES string of the molecule is CC(O)(CN1CCNC(=O)CC1)c1cccc(C(F)(F)F)c1. The highest BCUT2D eigenvalue weighted by Gasteiger charge is 2.33. The van der Waals surface area contributed by atoms with E-state index in [1.807, 2.05) is 4.90 Å². The van der Waals surface area contributed by atoms with E-state index in [4.69, 9.17) is 0 Å². The van der Waals surface area contributed by atoms with E-state index < -0.39 is 17.3 Å². The zero-order valence-corrected chi connectivity index (χ0v) is 12.3. The van der Waals surface area contributed by atoms with Crippen molar-refractivity contribution in [1.82, 2.24) is 10.2 Å². The second-order valence-electron chi connectivity index (χ2n) is 5.73. The third-order valence-electron chi connectivity index (χ3n) is 3.75. The first-order valence-electron chi connectivity index (χ1n) is 7.08. The van der Waals surface area contributed by atoms with Gasteiger partial charge in [-0.25, -0.2) is 0 Å². The van der Waals surface area contributed by atoms with Gasteiger partial charge in [-0.2, -0.15) is 13.2 Å². The number of aliphatic hydroxyl groups is 1. The molecule has 1 aromatic rings. The van der Waals surface area contributed by atoms with E-state index in [0.29, 0.717) is 26.1 Å². The van der Waals surface area contributed by atoms with Crippen LogP contribution in [0.25, 0.3) is 0 Å². The van der Waals surface area contributed by atoms with Crippen LogP contribution in [0.2, 0.25) is 0 Å². The lowest BCUT2D eigenvalue weighted by Crippen LogP contribution is -2.40. The number of β-amino-alcohol motifs (C(OH)–C–C–N with tert-alkyl or cyclic N) is 1. The molecule has 1 aliphatic rings. The highest BCUT2D eigenvalue weighted by molar-refractivity contribution is 5.76. The second-order valence-corrected chi connectivity index (χ2v) is 5.73. The summed E-state index contributed by atoms with van der Waals surface area (Å²) in [4.78, 5) is 13.2. The molecular formula is C15H19F3N2O2. The van der Waals surface area contributed by atoms with E-state index in [-0.39, 0.29) is 18.0 Å². The molecule has 122 valence electrons. The molecule has 1 atom stereocenters. The molecule has 0 saturated carbocycles. The van der Waals surface area contributed by atoms with E-state index in [1.165, 1.54) is 19.1 Å². The third-order valence-corrected chi connectivity index (χ3v) is 3.75. The molecular weight excluding hydrogens is 297 g/mol. The van der Waals surface area contributed by atoms with Gasteiger partial charge >= 0.3 is 6.18 Å². The van der Waals surface area contributed by atoms with Gasteiger partial charge in [0.2, 0.25) is 5.91 Å². The maximum Gasteiger partial charge on any atom is 0.416 e. The summed E-state index contributed by atoms with van der Waals surface area (Å²) in [6.07, 6.45) is -4.12. The average molecular weight is 316 g/mol. The van der Waals surface area contributed by atoms with Crippen LogP contribution in [0.3, 0.4) is 0 Å². The summed E-state index contributed by atoms with van der Waals surface area (Å²) in [6, 6.07) is 4.73. The summed E-state index contributed by atoms with van der Waals surface area (Å²) in [7, 11) is 0. The molecule has 1 fully saturated rings. The fourth-order valence-corrected chi connectivity index (χ4v) is 2.53. The summed E-state index contributed by atoms with van der Waals surface area (Å²) in [5.74, 6) is -0.0544.